The lowest BCUT2D eigenvalue weighted by Gasteiger charge is -2.09. The molecule has 10 nitrogen and oxygen atoms in total. The van der Waals surface area contributed by atoms with Crippen molar-refractivity contribution in [2.45, 2.75) is 5.16 Å². The highest BCUT2D eigenvalue weighted by Gasteiger charge is 2.15. The number of esters is 2. The van der Waals surface area contributed by atoms with Crippen LogP contribution in [0.2, 0.25) is 0 Å². The SMILES string of the molecule is COC(=O)c1cc(NC(=O)CSc2nnnn2C)cc(C(=O)OC)c1. The van der Waals surface area contributed by atoms with Gasteiger partial charge in [-0.05, 0) is 28.6 Å². The Bertz CT molecular complexity index is 772. The van der Waals surface area contributed by atoms with Gasteiger partial charge in [-0.1, -0.05) is 11.8 Å². The van der Waals surface area contributed by atoms with Gasteiger partial charge in [0, 0.05) is 12.7 Å². The Morgan fingerprint density at radius 3 is 2.20 bits per heavy atom. The minimum absolute atomic E-state index is 0.0459. The van der Waals surface area contributed by atoms with Crippen molar-refractivity contribution in [3.05, 3.63) is 29.3 Å². The Morgan fingerprint density at radius 1 is 1.12 bits per heavy atom. The lowest BCUT2D eigenvalue weighted by Crippen LogP contribution is -2.16. The number of hydrogen-bond donors (Lipinski definition) is 1. The van der Waals surface area contributed by atoms with E-state index in [9.17, 15) is 14.4 Å². The fraction of sp³-hybridized carbons (Fsp3) is 0.286. The summed E-state index contributed by atoms with van der Waals surface area (Å²) in [7, 11) is 4.09. The minimum Gasteiger partial charge on any atom is -0.465 e. The van der Waals surface area contributed by atoms with E-state index in [0.717, 1.165) is 11.8 Å². The van der Waals surface area contributed by atoms with E-state index in [1.807, 2.05) is 0 Å². The van der Waals surface area contributed by atoms with Crippen molar-refractivity contribution in [3.63, 3.8) is 0 Å². The molecule has 0 fully saturated rings. The number of tetrazole rings is 1. The van der Waals surface area contributed by atoms with E-state index in [2.05, 4.69) is 30.3 Å². The van der Waals surface area contributed by atoms with Crippen molar-refractivity contribution in [2.75, 3.05) is 25.3 Å². The number of amides is 1. The predicted octanol–water partition coefficient (Wildman–Crippen LogP) is 0.514. The van der Waals surface area contributed by atoms with Crippen LogP contribution in [0.15, 0.2) is 23.4 Å². The molecule has 1 aromatic heterocycles. The molecular formula is C14H15N5O5S. The van der Waals surface area contributed by atoms with E-state index in [-0.39, 0.29) is 28.5 Å². The van der Waals surface area contributed by atoms with E-state index >= 15 is 0 Å². The smallest absolute Gasteiger partial charge is 0.337 e. The number of nitrogens with one attached hydrogen (secondary N) is 1. The highest BCUT2D eigenvalue weighted by atomic mass is 32.2. The zero-order valence-corrected chi connectivity index (χ0v) is 14.5. The molecule has 0 unspecified atom stereocenters. The summed E-state index contributed by atoms with van der Waals surface area (Å²) < 4.78 is 10.7. The number of benzene rings is 1. The Morgan fingerprint density at radius 2 is 1.72 bits per heavy atom. The van der Waals surface area contributed by atoms with E-state index < -0.39 is 11.9 Å². The Labute approximate surface area is 146 Å². The largest absolute Gasteiger partial charge is 0.465 e. The third-order valence-corrected chi connectivity index (χ3v) is 3.98. The molecular weight excluding hydrogens is 350 g/mol. The predicted molar refractivity (Wildman–Crippen MR) is 87.3 cm³/mol. The number of aryl methyl sites for hydroxylation is 1. The zero-order valence-electron chi connectivity index (χ0n) is 13.7. The maximum atomic E-state index is 12.1. The van der Waals surface area contributed by atoms with Crippen LogP contribution in [0.5, 0.6) is 0 Å². The summed E-state index contributed by atoms with van der Waals surface area (Å²) in [5, 5.41) is 14.0. The summed E-state index contributed by atoms with van der Waals surface area (Å²) >= 11 is 1.14. The number of carbonyl (C=O) groups is 3. The first kappa shape index (κ1) is 18.4. The number of anilines is 1. The lowest BCUT2D eigenvalue weighted by atomic mass is 10.1. The first-order chi connectivity index (χ1) is 11.9. The Hall–Kier alpha value is -2.95. The van der Waals surface area contributed by atoms with Gasteiger partial charge in [-0.3, -0.25) is 4.79 Å². The summed E-state index contributed by atoms with van der Waals surface area (Å²) in [6.45, 7) is 0. The van der Waals surface area contributed by atoms with E-state index in [1.165, 1.54) is 37.1 Å². The molecule has 132 valence electrons. The van der Waals surface area contributed by atoms with E-state index in [0.29, 0.717) is 5.16 Å². The topological polar surface area (TPSA) is 125 Å². The van der Waals surface area contributed by atoms with Crippen LogP contribution in [0.3, 0.4) is 0 Å². The first-order valence-electron chi connectivity index (χ1n) is 6.91. The third kappa shape index (κ3) is 4.76. The number of thioether (sulfide) groups is 1. The van der Waals surface area contributed by atoms with Gasteiger partial charge in [0.2, 0.25) is 11.1 Å². The van der Waals surface area contributed by atoms with Crippen LogP contribution in [-0.4, -0.2) is 58.0 Å². The molecule has 0 saturated heterocycles. The van der Waals surface area contributed by atoms with Gasteiger partial charge in [0.25, 0.3) is 0 Å². The van der Waals surface area contributed by atoms with Crippen molar-refractivity contribution in [2.24, 2.45) is 7.05 Å². The molecule has 0 saturated carbocycles. The number of ether oxygens (including phenoxy) is 2. The normalized spacial score (nSPS) is 10.2. The van der Waals surface area contributed by atoms with Crippen molar-refractivity contribution in [1.82, 2.24) is 20.2 Å². The lowest BCUT2D eigenvalue weighted by molar-refractivity contribution is -0.113. The van der Waals surface area contributed by atoms with Crippen LogP contribution in [0, 0.1) is 0 Å². The number of nitrogens with zero attached hydrogens (tertiary/aromatic N) is 4. The molecule has 1 heterocycles. The van der Waals surface area contributed by atoms with Crippen LogP contribution in [0.4, 0.5) is 5.69 Å². The first-order valence-corrected chi connectivity index (χ1v) is 7.90. The zero-order chi connectivity index (χ0) is 18.4. The van der Waals surface area contributed by atoms with E-state index in [1.54, 1.807) is 7.05 Å². The second-order valence-corrected chi connectivity index (χ2v) is 5.65. The molecule has 0 spiro atoms. The molecule has 11 heteroatoms. The number of aromatic nitrogens is 4. The minimum atomic E-state index is -0.638. The van der Waals surface area contributed by atoms with Gasteiger partial charge >= 0.3 is 11.9 Å². The fourth-order valence-corrected chi connectivity index (χ4v) is 2.49. The Kier molecular flexibility index (Phi) is 6.06. The quantitative estimate of drug-likeness (QED) is 0.576. The second kappa shape index (κ2) is 8.24. The van der Waals surface area contributed by atoms with Crippen LogP contribution >= 0.6 is 11.8 Å². The monoisotopic (exact) mass is 365 g/mol. The molecule has 0 radical (unpaired) electrons. The molecule has 0 aliphatic heterocycles. The van der Waals surface area contributed by atoms with Crippen LogP contribution in [0.25, 0.3) is 0 Å². The summed E-state index contributed by atoms with van der Waals surface area (Å²) in [5.41, 5.74) is 0.502. The van der Waals surface area contributed by atoms with Crippen molar-refractivity contribution >= 4 is 35.3 Å². The summed E-state index contributed by atoms with van der Waals surface area (Å²) in [5.74, 6) is -1.59. The third-order valence-electron chi connectivity index (χ3n) is 2.97. The summed E-state index contributed by atoms with van der Waals surface area (Å²) in [4.78, 5) is 35.5. The van der Waals surface area contributed by atoms with Crippen LogP contribution < -0.4 is 5.32 Å². The Balaban J connectivity index is 2.13. The van der Waals surface area contributed by atoms with Gasteiger partial charge in [0.15, 0.2) is 0 Å². The molecule has 2 aromatic rings. The molecule has 1 N–H and O–H groups in total. The van der Waals surface area contributed by atoms with Gasteiger partial charge < -0.3 is 14.8 Å². The molecule has 0 aliphatic rings. The second-order valence-electron chi connectivity index (χ2n) is 4.70. The van der Waals surface area contributed by atoms with E-state index in [4.69, 9.17) is 0 Å². The van der Waals surface area contributed by atoms with Gasteiger partial charge in [-0.2, -0.15) is 0 Å². The van der Waals surface area contributed by atoms with Gasteiger partial charge in [0.05, 0.1) is 31.1 Å². The molecule has 0 atom stereocenters. The summed E-state index contributed by atoms with van der Waals surface area (Å²) in [6, 6.07) is 4.14. The molecule has 25 heavy (non-hydrogen) atoms. The maximum Gasteiger partial charge on any atom is 0.337 e. The van der Waals surface area contributed by atoms with Gasteiger partial charge in [-0.15, -0.1) is 5.10 Å². The molecule has 1 amide bonds. The van der Waals surface area contributed by atoms with Crippen molar-refractivity contribution in [1.29, 1.82) is 0 Å². The number of carbonyl (C=O) groups excluding carboxylic acids is 3. The molecule has 0 aliphatic carbocycles. The van der Waals surface area contributed by atoms with Crippen LogP contribution in [0.1, 0.15) is 20.7 Å². The highest BCUT2D eigenvalue weighted by Crippen LogP contribution is 2.18. The van der Waals surface area contributed by atoms with Crippen molar-refractivity contribution in [3.8, 4) is 0 Å². The van der Waals surface area contributed by atoms with Crippen LogP contribution in [-0.2, 0) is 21.3 Å². The maximum absolute atomic E-state index is 12.1. The standard InChI is InChI=1S/C14H15N5O5S/c1-19-14(16-17-18-19)25-7-11(20)15-10-5-8(12(21)23-2)4-9(6-10)13(22)24-3/h4-6H,7H2,1-3H3,(H,15,20). The molecule has 0 bridgehead atoms. The number of rotatable bonds is 6. The average molecular weight is 365 g/mol. The number of hydrogen-bond acceptors (Lipinski definition) is 9. The summed E-state index contributed by atoms with van der Waals surface area (Å²) in [6.07, 6.45) is 0. The van der Waals surface area contributed by atoms with Gasteiger partial charge in [0.1, 0.15) is 0 Å². The van der Waals surface area contributed by atoms with Crippen molar-refractivity contribution < 1.29 is 23.9 Å². The average Bonchev–Trinajstić information content (AvgIpc) is 3.03. The fourth-order valence-electron chi connectivity index (χ4n) is 1.84. The molecule has 2 rings (SSSR count). The highest BCUT2D eigenvalue weighted by molar-refractivity contribution is 7.99. The number of methoxy groups -OCH3 is 2. The van der Waals surface area contributed by atoms with Gasteiger partial charge in [-0.25, -0.2) is 14.3 Å². The molecule has 1 aromatic carbocycles.